The number of hydrogen-bond acceptors (Lipinski definition) is 4. The van der Waals surface area contributed by atoms with E-state index in [9.17, 15) is 4.79 Å². The van der Waals surface area contributed by atoms with E-state index in [1.807, 2.05) is 11.1 Å². The number of carbonyl (C=O) groups excluding carboxylic acids is 1. The molecule has 0 bridgehead atoms. The highest BCUT2D eigenvalue weighted by Crippen LogP contribution is 2.25. The average molecular weight is 341 g/mol. The molecule has 0 aromatic carbocycles. The second-order valence-corrected chi connectivity index (χ2v) is 8.12. The lowest BCUT2D eigenvalue weighted by molar-refractivity contribution is -0.134. The Hall–Kier alpha value is -2.24. The van der Waals surface area contributed by atoms with Gasteiger partial charge >= 0.3 is 0 Å². The second-order valence-electron chi connectivity index (χ2n) is 8.12. The van der Waals surface area contributed by atoms with Gasteiger partial charge in [-0.25, -0.2) is 9.97 Å². The molecule has 1 fully saturated rings. The minimum absolute atomic E-state index is 0.0389. The SMILES string of the molecule is CC(C)(C)CC(=O)N1CCCC(Cc2cnc(-c3ncc[nH]3)cn2)C1. The molecule has 25 heavy (non-hydrogen) atoms. The molecule has 3 rings (SSSR count). The van der Waals surface area contributed by atoms with Gasteiger partial charge in [0.1, 0.15) is 5.69 Å². The number of H-pyrrole nitrogens is 1. The number of imidazole rings is 1. The third-order valence-corrected chi connectivity index (χ3v) is 4.50. The fourth-order valence-electron chi connectivity index (χ4n) is 3.31. The lowest BCUT2D eigenvalue weighted by atomic mass is 9.89. The van der Waals surface area contributed by atoms with Crippen LogP contribution in [0.3, 0.4) is 0 Å². The van der Waals surface area contributed by atoms with Crippen LogP contribution in [0.25, 0.3) is 11.5 Å². The fraction of sp³-hybridized carbons (Fsp3) is 0.579. The smallest absolute Gasteiger partial charge is 0.223 e. The standard InChI is InChI=1S/C19H27N5O/c1-19(2,3)10-17(25)24-8-4-5-14(13-24)9-15-11-23-16(12-22-15)18-20-6-7-21-18/h6-7,11-12,14H,4-5,8-10,13H2,1-3H3,(H,20,21). The summed E-state index contributed by atoms with van der Waals surface area (Å²) >= 11 is 0. The van der Waals surface area contributed by atoms with Crippen LogP contribution in [0, 0.1) is 11.3 Å². The van der Waals surface area contributed by atoms with Gasteiger partial charge in [-0.2, -0.15) is 0 Å². The predicted molar refractivity (Wildman–Crippen MR) is 96.7 cm³/mol. The van der Waals surface area contributed by atoms with Crippen LogP contribution < -0.4 is 0 Å². The molecule has 3 heterocycles. The van der Waals surface area contributed by atoms with Crippen molar-refractivity contribution < 1.29 is 4.79 Å². The first-order valence-electron chi connectivity index (χ1n) is 8.99. The van der Waals surface area contributed by atoms with E-state index in [1.165, 1.54) is 0 Å². The third-order valence-electron chi connectivity index (χ3n) is 4.50. The lowest BCUT2D eigenvalue weighted by Crippen LogP contribution is -2.41. The quantitative estimate of drug-likeness (QED) is 0.927. The summed E-state index contributed by atoms with van der Waals surface area (Å²) in [6, 6.07) is 0. The van der Waals surface area contributed by atoms with Gasteiger partial charge < -0.3 is 9.88 Å². The van der Waals surface area contributed by atoms with E-state index in [0.717, 1.165) is 49.6 Å². The highest BCUT2D eigenvalue weighted by atomic mass is 16.2. The molecule has 134 valence electrons. The maximum absolute atomic E-state index is 12.5. The van der Waals surface area contributed by atoms with Gasteiger partial charge in [0.2, 0.25) is 5.91 Å². The number of hydrogen-bond donors (Lipinski definition) is 1. The maximum atomic E-state index is 12.5. The van der Waals surface area contributed by atoms with Crippen LogP contribution in [0.1, 0.15) is 45.7 Å². The Bertz CT molecular complexity index is 688. The molecule has 1 aliphatic rings. The Balaban J connectivity index is 1.58. The summed E-state index contributed by atoms with van der Waals surface area (Å²) in [5, 5.41) is 0. The summed E-state index contributed by atoms with van der Waals surface area (Å²) in [4.78, 5) is 30.7. The molecular weight excluding hydrogens is 314 g/mol. The van der Waals surface area contributed by atoms with Gasteiger partial charge in [-0.1, -0.05) is 20.8 Å². The van der Waals surface area contributed by atoms with Gasteiger partial charge in [-0.15, -0.1) is 0 Å². The number of nitrogens with zero attached hydrogens (tertiary/aromatic N) is 4. The summed E-state index contributed by atoms with van der Waals surface area (Å²) in [5.41, 5.74) is 1.77. The first-order valence-corrected chi connectivity index (χ1v) is 8.99. The van der Waals surface area contributed by atoms with Crippen molar-refractivity contribution in [3.63, 3.8) is 0 Å². The predicted octanol–water partition coefficient (Wildman–Crippen LogP) is 3.08. The first-order chi connectivity index (χ1) is 11.9. The number of nitrogens with one attached hydrogen (secondary N) is 1. The minimum Gasteiger partial charge on any atom is -0.343 e. The molecule has 1 atom stereocenters. The molecule has 1 aliphatic heterocycles. The number of rotatable bonds is 4. The van der Waals surface area contributed by atoms with E-state index in [2.05, 4.69) is 40.7 Å². The second kappa shape index (κ2) is 7.33. The van der Waals surface area contributed by atoms with Crippen molar-refractivity contribution in [1.29, 1.82) is 0 Å². The number of aromatic nitrogens is 4. The summed E-state index contributed by atoms with van der Waals surface area (Å²) in [5.74, 6) is 1.47. The Morgan fingerprint density at radius 1 is 1.28 bits per heavy atom. The van der Waals surface area contributed by atoms with Crippen LogP contribution in [0.2, 0.25) is 0 Å². The van der Waals surface area contributed by atoms with Crippen molar-refractivity contribution in [3.05, 3.63) is 30.5 Å². The zero-order chi connectivity index (χ0) is 17.9. The van der Waals surface area contributed by atoms with E-state index < -0.39 is 0 Å². The number of carbonyl (C=O) groups is 1. The third kappa shape index (κ3) is 4.87. The Morgan fingerprint density at radius 2 is 2.12 bits per heavy atom. The van der Waals surface area contributed by atoms with E-state index in [-0.39, 0.29) is 11.3 Å². The lowest BCUT2D eigenvalue weighted by Gasteiger charge is -2.34. The largest absolute Gasteiger partial charge is 0.343 e. The van der Waals surface area contributed by atoms with Gasteiger partial charge in [0.05, 0.1) is 11.9 Å². The summed E-state index contributed by atoms with van der Waals surface area (Å²) in [7, 11) is 0. The Morgan fingerprint density at radius 3 is 2.76 bits per heavy atom. The zero-order valence-electron chi connectivity index (χ0n) is 15.3. The van der Waals surface area contributed by atoms with Gasteiger partial charge in [-0.3, -0.25) is 9.78 Å². The normalized spacial score (nSPS) is 18.4. The van der Waals surface area contributed by atoms with Crippen molar-refractivity contribution >= 4 is 5.91 Å². The zero-order valence-corrected chi connectivity index (χ0v) is 15.3. The Kier molecular flexibility index (Phi) is 5.16. The molecule has 0 spiro atoms. The fourth-order valence-corrected chi connectivity index (χ4v) is 3.31. The van der Waals surface area contributed by atoms with Crippen molar-refractivity contribution in [1.82, 2.24) is 24.8 Å². The average Bonchev–Trinajstić information content (AvgIpc) is 3.09. The minimum atomic E-state index is 0.0389. The number of amides is 1. The molecule has 0 aliphatic carbocycles. The van der Waals surface area contributed by atoms with E-state index in [4.69, 9.17) is 0 Å². The topological polar surface area (TPSA) is 74.8 Å². The molecule has 0 radical (unpaired) electrons. The number of piperidine rings is 1. The molecule has 1 N–H and O–H groups in total. The first kappa shape index (κ1) is 17.6. The van der Waals surface area contributed by atoms with Crippen LogP contribution in [-0.2, 0) is 11.2 Å². The van der Waals surface area contributed by atoms with Gasteiger partial charge in [0.25, 0.3) is 0 Å². The maximum Gasteiger partial charge on any atom is 0.223 e. The van der Waals surface area contributed by atoms with Crippen LogP contribution in [-0.4, -0.2) is 43.8 Å². The summed E-state index contributed by atoms with van der Waals surface area (Å²) in [6.45, 7) is 8.05. The molecule has 0 saturated carbocycles. The number of aromatic amines is 1. The van der Waals surface area contributed by atoms with Crippen LogP contribution in [0.5, 0.6) is 0 Å². The number of likely N-dealkylation sites (tertiary alicyclic amines) is 1. The molecule has 2 aromatic rings. The van der Waals surface area contributed by atoms with Crippen LogP contribution >= 0.6 is 0 Å². The van der Waals surface area contributed by atoms with Crippen LogP contribution in [0.15, 0.2) is 24.8 Å². The van der Waals surface area contributed by atoms with Crippen molar-refractivity contribution in [2.45, 2.75) is 46.5 Å². The van der Waals surface area contributed by atoms with E-state index >= 15 is 0 Å². The summed E-state index contributed by atoms with van der Waals surface area (Å²) in [6.07, 6.45) is 10.8. The molecule has 1 unspecified atom stereocenters. The highest BCUT2D eigenvalue weighted by Gasteiger charge is 2.26. The van der Waals surface area contributed by atoms with Crippen molar-refractivity contribution in [2.24, 2.45) is 11.3 Å². The highest BCUT2D eigenvalue weighted by molar-refractivity contribution is 5.76. The molecule has 1 saturated heterocycles. The van der Waals surface area contributed by atoms with Crippen molar-refractivity contribution in [2.75, 3.05) is 13.1 Å². The van der Waals surface area contributed by atoms with E-state index in [0.29, 0.717) is 12.3 Å². The van der Waals surface area contributed by atoms with E-state index in [1.54, 1.807) is 18.6 Å². The molecular formula is C19H27N5O. The molecule has 2 aromatic heterocycles. The molecule has 6 heteroatoms. The molecule has 6 nitrogen and oxygen atoms in total. The Labute approximate surface area is 149 Å². The van der Waals surface area contributed by atoms with Gasteiger partial charge in [-0.05, 0) is 30.6 Å². The van der Waals surface area contributed by atoms with Gasteiger partial charge in [0, 0.05) is 38.1 Å². The molecule has 1 amide bonds. The monoisotopic (exact) mass is 341 g/mol. The summed E-state index contributed by atoms with van der Waals surface area (Å²) < 4.78 is 0. The van der Waals surface area contributed by atoms with Gasteiger partial charge in [0.15, 0.2) is 5.82 Å². The van der Waals surface area contributed by atoms with Crippen LogP contribution in [0.4, 0.5) is 0 Å². The van der Waals surface area contributed by atoms with Crippen molar-refractivity contribution in [3.8, 4) is 11.5 Å².